The van der Waals surface area contributed by atoms with E-state index in [4.69, 9.17) is 17.3 Å². The Kier molecular flexibility index (Phi) is 7.00. The van der Waals surface area contributed by atoms with Crippen LogP contribution in [0.2, 0.25) is 5.15 Å². The molecule has 0 amide bonds. The van der Waals surface area contributed by atoms with Crippen molar-refractivity contribution in [3.8, 4) is 11.8 Å². The van der Waals surface area contributed by atoms with Gasteiger partial charge in [-0.1, -0.05) is 36.4 Å². The van der Waals surface area contributed by atoms with Gasteiger partial charge < -0.3 is 10.5 Å². The molecule has 1 aromatic carbocycles. The Labute approximate surface area is 153 Å². The van der Waals surface area contributed by atoms with Gasteiger partial charge in [0.25, 0.3) is 0 Å². The lowest BCUT2D eigenvalue weighted by Gasteiger charge is -2.19. The van der Waals surface area contributed by atoms with E-state index in [0.29, 0.717) is 17.1 Å². The van der Waals surface area contributed by atoms with E-state index in [9.17, 15) is 4.79 Å². The molecule has 4 nitrogen and oxygen atoms in total. The Hall–Kier alpha value is -2.35. The summed E-state index contributed by atoms with van der Waals surface area (Å²) in [7, 11) is 1.36. The number of aromatic nitrogens is 1. The number of carbonyl (C=O) groups is 1. The summed E-state index contributed by atoms with van der Waals surface area (Å²) in [5.41, 5.74) is 8.70. The lowest BCUT2D eigenvalue weighted by Crippen LogP contribution is -2.26. The summed E-state index contributed by atoms with van der Waals surface area (Å²) in [4.78, 5) is 15.5. The van der Waals surface area contributed by atoms with Crippen molar-refractivity contribution < 1.29 is 9.53 Å². The van der Waals surface area contributed by atoms with Crippen LogP contribution in [-0.4, -0.2) is 24.1 Å². The molecule has 0 bridgehead atoms. The summed E-state index contributed by atoms with van der Waals surface area (Å²) >= 11 is 5.81. The van der Waals surface area contributed by atoms with Gasteiger partial charge in [-0.3, -0.25) is 0 Å². The van der Waals surface area contributed by atoms with E-state index < -0.39 is 0 Å². The maximum absolute atomic E-state index is 11.4. The van der Waals surface area contributed by atoms with Crippen molar-refractivity contribution in [2.24, 2.45) is 5.73 Å². The topological polar surface area (TPSA) is 65.2 Å². The Bertz CT molecular complexity index is 761. The molecule has 0 aliphatic rings. The van der Waals surface area contributed by atoms with Gasteiger partial charge in [0.2, 0.25) is 0 Å². The zero-order valence-corrected chi connectivity index (χ0v) is 15.1. The summed E-state index contributed by atoms with van der Waals surface area (Å²) in [5, 5.41) is 0.480. The molecular weight excluding hydrogens is 336 g/mol. The molecule has 2 rings (SSSR count). The van der Waals surface area contributed by atoms with Crippen LogP contribution in [-0.2, 0) is 4.74 Å². The van der Waals surface area contributed by atoms with Crippen LogP contribution in [0.25, 0.3) is 0 Å². The smallest absolute Gasteiger partial charge is 0.337 e. The second-order valence-electron chi connectivity index (χ2n) is 5.78. The van der Waals surface area contributed by atoms with Crippen LogP contribution in [0.4, 0.5) is 0 Å². The Morgan fingerprint density at radius 2 is 2.00 bits per heavy atom. The number of benzene rings is 1. The normalized spacial score (nSPS) is 12.6. The van der Waals surface area contributed by atoms with Gasteiger partial charge in [0.05, 0.1) is 12.7 Å². The second-order valence-corrected chi connectivity index (χ2v) is 6.16. The number of rotatable bonds is 5. The van der Waals surface area contributed by atoms with Gasteiger partial charge in [0.15, 0.2) is 0 Å². The van der Waals surface area contributed by atoms with Crippen LogP contribution < -0.4 is 5.73 Å². The molecule has 130 valence electrons. The van der Waals surface area contributed by atoms with E-state index in [0.717, 1.165) is 17.5 Å². The number of carbonyl (C=O) groups excluding carboxylic acids is 1. The van der Waals surface area contributed by atoms with Crippen LogP contribution >= 0.6 is 11.6 Å². The fraction of sp³-hybridized carbons (Fsp3) is 0.300. The summed E-state index contributed by atoms with van der Waals surface area (Å²) in [5.74, 6) is 6.05. The molecule has 2 atom stereocenters. The Balaban J connectivity index is 1.87. The highest BCUT2D eigenvalue weighted by atomic mass is 35.5. The largest absolute Gasteiger partial charge is 0.465 e. The van der Waals surface area contributed by atoms with Crippen LogP contribution in [0.15, 0.2) is 42.6 Å². The van der Waals surface area contributed by atoms with Crippen molar-refractivity contribution in [1.82, 2.24) is 4.98 Å². The van der Waals surface area contributed by atoms with E-state index >= 15 is 0 Å². The number of esters is 1. The number of methoxy groups -OCH3 is 1. The van der Waals surface area contributed by atoms with Crippen LogP contribution in [0.3, 0.4) is 0 Å². The van der Waals surface area contributed by atoms with Crippen molar-refractivity contribution in [3.05, 3.63) is 64.4 Å². The first-order valence-electron chi connectivity index (χ1n) is 8.05. The van der Waals surface area contributed by atoms with Crippen molar-refractivity contribution >= 4 is 17.6 Å². The third-order valence-electron chi connectivity index (χ3n) is 4.06. The predicted octanol–water partition coefficient (Wildman–Crippen LogP) is 3.78. The SMILES string of the molecule is COC(=O)c1ccc(C#CCC[C@@H](N)[C@H](C)c2ccc(Cl)nc2)cc1. The van der Waals surface area contributed by atoms with Gasteiger partial charge in [-0.2, -0.15) is 0 Å². The third-order valence-corrected chi connectivity index (χ3v) is 4.28. The standard InChI is InChI=1S/C20H21ClN2O2/c1-14(17-11-12-19(21)23-13-17)18(22)6-4-3-5-15-7-9-16(10-8-15)20(24)25-2/h7-14,18H,4,6,22H2,1-2H3/t14-,18-/m1/s1. The first-order chi connectivity index (χ1) is 12.0. The van der Waals surface area contributed by atoms with Gasteiger partial charge in [-0.25, -0.2) is 9.78 Å². The van der Waals surface area contributed by atoms with Gasteiger partial charge >= 0.3 is 5.97 Å². The quantitative estimate of drug-likeness (QED) is 0.503. The summed E-state index contributed by atoms with van der Waals surface area (Å²) < 4.78 is 4.67. The molecule has 0 radical (unpaired) electrons. The molecule has 0 aliphatic heterocycles. The monoisotopic (exact) mass is 356 g/mol. The van der Waals surface area contributed by atoms with Crippen molar-refractivity contribution in [3.63, 3.8) is 0 Å². The average Bonchev–Trinajstić information content (AvgIpc) is 2.65. The second kappa shape index (κ2) is 9.22. The molecule has 0 fully saturated rings. The highest BCUT2D eigenvalue weighted by Gasteiger charge is 2.14. The van der Waals surface area contributed by atoms with E-state index in [1.165, 1.54) is 7.11 Å². The van der Waals surface area contributed by atoms with Crippen molar-refractivity contribution in [2.45, 2.75) is 31.7 Å². The minimum Gasteiger partial charge on any atom is -0.465 e. The number of nitrogens with two attached hydrogens (primary N) is 1. The molecule has 1 aromatic heterocycles. The number of nitrogens with zero attached hydrogens (tertiary/aromatic N) is 1. The van der Waals surface area contributed by atoms with Crippen molar-refractivity contribution in [2.75, 3.05) is 7.11 Å². The predicted molar refractivity (Wildman–Crippen MR) is 99.5 cm³/mol. The van der Waals surface area contributed by atoms with Gasteiger partial charge in [0.1, 0.15) is 5.15 Å². The van der Waals surface area contributed by atoms with E-state index in [1.54, 1.807) is 36.5 Å². The first kappa shape index (κ1) is 19.0. The zero-order valence-electron chi connectivity index (χ0n) is 14.3. The maximum atomic E-state index is 11.4. The molecule has 25 heavy (non-hydrogen) atoms. The molecular formula is C20H21ClN2O2. The number of pyridine rings is 1. The van der Waals surface area contributed by atoms with Gasteiger partial charge in [0, 0.05) is 24.2 Å². The molecule has 0 saturated carbocycles. The van der Waals surface area contributed by atoms with Crippen molar-refractivity contribution in [1.29, 1.82) is 0 Å². The number of halogens is 1. The molecule has 2 aromatic rings. The minimum atomic E-state index is -0.351. The van der Waals surface area contributed by atoms with Gasteiger partial charge in [-0.15, -0.1) is 0 Å². The lowest BCUT2D eigenvalue weighted by atomic mass is 9.92. The molecule has 0 aliphatic carbocycles. The highest BCUT2D eigenvalue weighted by Crippen LogP contribution is 2.20. The number of hydrogen-bond acceptors (Lipinski definition) is 4. The molecule has 0 unspecified atom stereocenters. The maximum Gasteiger partial charge on any atom is 0.337 e. The number of ether oxygens (including phenoxy) is 1. The number of hydrogen-bond donors (Lipinski definition) is 1. The van der Waals surface area contributed by atoms with Crippen LogP contribution in [0.5, 0.6) is 0 Å². The Morgan fingerprint density at radius 3 is 2.60 bits per heavy atom. The Morgan fingerprint density at radius 1 is 1.28 bits per heavy atom. The average molecular weight is 357 g/mol. The fourth-order valence-corrected chi connectivity index (χ4v) is 2.48. The van der Waals surface area contributed by atoms with Gasteiger partial charge in [-0.05, 0) is 48.2 Å². The molecule has 0 spiro atoms. The summed E-state index contributed by atoms with van der Waals surface area (Å²) in [6.45, 7) is 2.08. The fourth-order valence-electron chi connectivity index (χ4n) is 2.36. The summed E-state index contributed by atoms with van der Waals surface area (Å²) in [6, 6.07) is 10.8. The molecule has 1 heterocycles. The van der Waals surface area contributed by atoms with E-state index in [-0.39, 0.29) is 17.9 Å². The molecule has 2 N–H and O–H groups in total. The minimum absolute atomic E-state index is 0.000948. The van der Waals surface area contributed by atoms with Crippen LogP contribution in [0, 0.1) is 11.8 Å². The first-order valence-corrected chi connectivity index (χ1v) is 8.43. The highest BCUT2D eigenvalue weighted by molar-refractivity contribution is 6.29. The van der Waals surface area contributed by atoms with E-state index in [1.807, 2.05) is 6.07 Å². The lowest BCUT2D eigenvalue weighted by molar-refractivity contribution is 0.0600. The summed E-state index contributed by atoms with van der Waals surface area (Å²) in [6.07, 6.45) is 3.25. The molecule has 0 saturated heterocycles. The molecule has 5 heteroatoms. The zero-order chi connectivity index (χ0) is 18.2. The third kappa shape index (κ3) is 5.60. The van der Waals surface area contributed by atoms with Crippen LogP contribution in [0.1, 0.15) is 47.2 Å². The van der Waals surface area contributed by atoms with E-state index in [2.05, 4.69) is 28.5 Å².